The summed E-state index contributed by atoms with van der Waals surface area (Å²) in [7, 11) is 1.69. The molecule has 2 aliphatic heterocycles. The fraction of sp³-hybridized carbons (Fsp3) is 0.643. The van der Waals surface area contributed by atoms with Crippen LogP contribution in [0.1, 0.15) is 17.7 Å². The first-order chi connectivity index (χ1) is 9.29. The smallest absolute Gasteiger partial charge is 0.224 e. The minimum absolute atomic E-state index is 0.294. The van der Waals surface area contributed by atoms with Crippen LogP contribution in [0, 0.1) is 0 Å². The minimum atomic E-state index is 0.294. The van der Waals surface area contributed by atoms with Gasteiger partial charge in [0.05, 0.1) is 6.61 Å². The predicted molar refractivity (Wildman–Crippen MR) is 75.1 cm³/mol. The van der Waals surface area contributed by atoms with Crippen LogP contribution in [0.2, 0.25) is 0 Å². The number of hydrogen-bond donors (Lipinski definition) is 0. The van der Waals surface area contributed by atoms with E-state index in [4.69, 9.17) is 4.74 Å². The number of thiophene rings is 1. The maximum absolute atomic E-state index is 12.1. The number of carbonyl (C=O) groups is 1. The lowest BCUT2D eigenvalue weighted by Gasteiger charge is -2.25. The van der Waals surface area contributed by atoms with E-state index in [0.717, 1.165) is 26.1 Å². The van der Waals surface area contributed by atoms with Gasteiger partial charge >= 0.3 is 0 Å². The van der Waals surface area contributed by atoms with Crippen LogP contribution in [0.15, 0.2) is 17.5 Å². The molecule has 104 valence electrons. The quantitative estimate of drug-likeness (QED) is 0.821. The molecule has 0 N–H and O–H groups in total. The Morgan fingerprint density at radius 1 is 1.47 bits per heavy atom. The van der Waals surface area contributed by atoms with Crippen LogP contribution in [0.25, 0.3) is 0 Å². The molecule has 0 bridgehead atoms. The van der Waals surface area contributed by atoms with E-state index in [1.807, 2.05) is 4.90 Å². The number of methoxy groups -OCH3 is 1. The molecule has 5 heteroatoms. The highest BCUT2D eigenvalue weighted by Gasteiger charge is 2.46. The van der Waals surface area contributed by atoms with Gasteiger partial charge in [-0.15, -0.1) is 11.3 Å². The summed E-state index contributed by atoms with van der Waals surface area (Å²) in [6.07, 6.45) is 1.78. The Labute approximate surface area is 118 Å². The van der Waals surface area contributed by atoms with E-state index in [2.05, 4.69) is 22.4 Å². The van der Waals surface area contributed by atoms with Crippen molar-refractivity contribution >= 4 is 17.2 Å². The SMILES string of the molecule is COCCN1C(=O)C[C@@H]2[C@H]1CCN2Cc1cccs1. The Bertz CT molecular complexity index is 435. The van der Waals surface area contributed by atoms with Crippen molar-refractivity contribution in [3.05, 3.63) is 22.4 Å². The molecule has 1 amide bonds. The van der Waals surface area contributed by atoms with E-state index < -0.39 is 0 Å². The first-order valence-corrected chi connectivity index (χ1v) is 7.72. The van der Waals surface area contributed by atoms with Crippen LogP contribution in [-0.2, 0) is 16.1 Å². The molecule has 3 rings (SSSR count). The number of ether oxygens (including phenoxy) is 1. The fourth-order valence-corrected chi connectivity index (χ4v) is 4.02. The van der Waals surface area contributed by atoms with Gasteiger partial charge < -0.3 is 9.64 Å². The molecule has 0 radical (unpaired) electrons. The van der Waals surface area contributed by atoms with Crippen molar-refractivity contribution in [2.24, 2.45) is 0 Å². The van der Waals surface area contributed by atoms with Crippen LogP contribution in [-0.4, -0.2) is 54.6 Å². The van der Waals surface area contributed by atoms with Crippen molar-refractivity contribution in [3.63, 3.8) is 0 Å². The number of fused-ring (bicyclic) bond motifs is 1. The van der Waals surface area contributed by atoms with Gasteiger partial charge in [0.25, 0.3) is 0 Å². The normalized spacial score (nSPS) is 27.2. The zero-order chi connectivity index (χ0) is 13.2. The van der Waals surface area contributed by atoms with Gasteiger partial charge in [0.15, 0.2) is 0 Å². The van der Waals surface area contributed by atoms with Gasteiger partial charge in [-0.2, -0.15) is 0 Å². The Kier molecular flexibility index (Phi) is 3.86. The molecule has 2 saturated heterocycles. The lowest BCUT2D eigenvalue weighted by Crippen LogP contribution is -2.38. The summed E-state index contributed by atoms with van der Waals surface area (Å²) in [6, 6.07) is 5.09. The maximum Gasteiger partial charge on any atom is 0.224 e. The Morgan fingerprint density at radius 3 is 3.11 bits per heavy atom. The monoisotopic (exact) mass is 280 g/mol. The highest BCUT2D eigenvalue weighted by molar-refractivity contribution is 7.09. The van der Waals surface area contributed by atoms with Crippen LogP contribution in [0.5, 0.6) is 0 Å². The van der Waals surface area contributed by atoms with Crippen molar-refractivity contribution < 1.29 is 9.53 Å². The van der Waals surface area contributed by atoms with E-state index in [1.54, 1.807) is 18.4 Å². The van der Waals surface area contributed by atoms with Gasteiger partial charge in [-0.1, -0.05) is 6.07 Å². The second-order valence-electron chi connectivity index (χ2n) is 5.26. The molecule has 1 aromatic heterocycles. The predicted octanol–water partition coefficient (Wildman–Crippen LogP) is 1.57. The molecule has 2 aliphatic rings. The average Bonchev–Trinajstić information content (AvgIpc) is 3.08. The summed E-state index contributed by atoms with van der Waals surface area (Å²) in [5, 5.41) is 2.12. The summed E-state index contributed by atoms with van der Waals surface area (Å²) < 4.78 is 5.11. The second-order valence-corrected chi connectivity index (χ2v) is 6.29. The number of amides is 1. The van der Waals surface area contributed by atoms with E-state index in [0.29, 0.717) is 31.0 Å². The average molecular weight is 280 g/mol. The number of carbonyl (C=O) groups excluding carboxylic acids is 1. The lowest BCUT2D eigenvalue weighted by molar-refractivity contribution is -0.129. The molecule has 0 spiro atoms. The lowest BCUT2D eigenvalue weighted by atomic mass is 10.1. The van der Waals surface area contributed by atoms with Crippen molar-refractivity contribution in [3.8, 4) is 0 Å². The third kappa shape index (κ3) is 2.55. The first-order valence-electron chi connectivity index (χ1n) is 6.84. The number of likely N-dealkylation sites (tertiary alicyclic amines) is 2. The van der Waals surface area contributed by atoms with Crippen LogP contribution in [0.4, 0.5) is 0 Å². The Balaban J connectivity index is 1.65. The molecule has 19 heavy (non-hydrogen) atoms. The van der Waals surface area contributed by atoms with Crippen molar-refractivity contribution in [2.45, 2.75) is 31.5 Å². The largest absolute Gasteiger partial charge is 0.383 e. The van der Waals surface area contributed by atoms with Crippen LogP contribution < -0.4 is 0 Å². The third-order valence-electron chi connectivity index (χ3n) is 4.21. The van der Waals surface area contributed by atoms with Gasteiger partial charge in [-0.05, 0) is 17.9 Å². The number of nitrogens with zero attached hydrogens (tertiary/aromatic N) is 2. The molecule has 0 unspecified atom stereocenters. The molecule has 1 aromatic rings. The summed E-state index contributed by atoms with van der Waals surface area (Å²) >= 11 is 1.80. The molecule has 0 aromatic carbocycles. The third-order valence-corrected chi connectivity index (χ3v) is 5.07. The molecule has 4 nitrogen and oxygen atoms in total. The van der Waals surface area contributed by atoms with Crippen molar-refractivity contribution in [1.29, 1.82) is 0 Å². The van der Waals surface area contributed by atoms with Gasteiger partial charge in [0.1, 0.15) is 0 Å². The second kappa shape index (κ2) is 5.61. The van der Waals surface area contributed by atoms with E-state index in [-0.39, 0.29) is 0 Å². The highest BCUT2D eigenvalue weighted by atomic mass is 32.1. The van der Waals surface area contributed by atoms with Crippen LogP contribution >= 0.6 is 11.3 Å². The molecule has 3 heterocycles. The summed E-state index contributed by atoms with van der Waals surface area (Å²) in [4.78, 5) is 18.0. The molecular formula is C14H20N2O2S. The zero-order valence-electron chi connectivity index (χ0n) is 11.2. The number of rotatable bonds is 5. The summed E-state index contributed by atoms with van der Waals surface area (Å²) in [5.74, 6) is 0.294. The number of hydrogen-bond acceptors (Lipinski definition) is 4. The van der Waals surface area contributed by atoms with Gasteiger partial charge in [-0.3, -0.25) is 9.69 Å². The van der Waals surface area contributed by atoms with E-state index >= 15 is 0 Å². The summed E-state index contributed by atoms with van der Waals surface area (Å²) in [5.41, 5.74) is 0. The highest BCUT2D eigenvalue weighted by Crippen LogP contribution is 2.33. The fourth-order valence-electron chi connectivity index (χ4n) is 3.29. The van der Waals surface area contributed by atoms with E-state index in [9.17, 15) is 4.79 Å². The van der Waals surface area contributed by atoms with Crippen molar-refractivity contribution in [2.75, 3.05) is 26.8 Å². The Hall–Kier alpha value is -0.910. The molecular weight excluding hydrogens is 260 g/mol. The molecule has 2 fully saturated rings. The van der Waals surface area contributed by atoms with Crippen LogP contribution in [0.3, 0.4) is 0 Å². The first kappa shape index (κ1) is 13.1. The molecule has 0 aliphatic carbocycles. The molecule has 2 atom stereocenters. The minimum Gasteiger partial charge on any atom is -0.383 e. The summed E-state index contributed by atoms with van der Waals surface area (Å²) in [6.45, 7) is 3.47. The standard InChI is InChI=1S/C14H20N2O2S/c1-18-7-6-16-12-4-5-15(13(12)9-14(16)17)10-11-3-2-8-19-11/h2-3,8,12-13H,4-7,9-10H2,1H3/t12-,13-/m1/s1. The topological polar surface area (TPSA) is 32.8 Å². The molecule has 0 saturated carbocycles. The Morgan fingerprint density at radius 2 is 2.37 bits per heavy atom. The van der Waals surface area contributed by atoms with Gasteiger partial charge in [0.2, 0.25) is 5.91 Å². The van der Waals surface area contributed by atoms with Crippen molar-refractivity contribution in [1.82, 2.24) is 9.80 Å². The van der Waals surface area contributed by atoms with Gasteiger partial charge in [0, 0.05) is 50.1 Å². The van der Waals surface area contributed by atoms with E-state index in [1.165, 1.54) is 4.88 Å². The zero-order valence-corrected chi connectivity index (χ0v) is 12.1. The van der Waals surface area contributed by atoms with Gasteiger partial charge in [-0.25, -0.2) is 0 Å². The maximum atomic E-state index is 12.1.